The van der Waals surface area contributed by atoms with Gasteiger partial charge in [0.25, 0.3) is 0 Å². The van der Waals surface area contributed by atoms with Crippen LogP contribution in [0, 0.1) is 0 Å². The van der Waals surface area contributed by atoms with Crippen molar-refractivity contribution in [2.45, 2.75) is 11.1 Å². The van der Waals surface area contributed by atoms with Crippen molar-refractivity contribution in [3.8, 4) is 0 Å². The Kier molecular flexibility index (Phi) is 4.58. The summed E-state index contributed by atoms with van der Waals surface area (Å²) in [6.45, 7) is 0. The summed E-state index contributed by atoms with van der Waals surface area (Å²) >= 11 is 7.22. The molecule has 2 rings (SSSR count). The minimum Gasteiger partial charge on any atom is -0.288 e. The molecule has 0 radical (unpaired) electrons. The smallest absolute Gasteiger partial charge is 0.288 e. The highest BCUT2D eigenvalue weighted by atomic mass is 35.5. The van der Waals surface area contributed by atoms with Crippen LogP contribution in [0.2, 0.25) is 5.15 Å². The Morgan fingerprint density at radius 3 is 2.24 bits per heavy atom. The molecule has 0 amide bonds. The summed E-state index contributed by atoms with van der Waals surface area (Å²) in [6, 6.07) is 8.50. The molecule has 0 unspecified atom stereocenters. The zero-order valence-electron chi connectivity index (χ0n) is 10.7. The van der Waals surface area contributed by atoms with Crippen LogP contribution < -0.4 is 0 Å². The predicted molar refractivity (Wildman–Crippen MR) is 75.9 cm³/mol. The maximum absolute atomic E-state index is 12.5. The quantitative estimate of drug-likeness (QED) is 0.463. The van der Waals surface area contributed by atoms with Crippen molar-refractivity contribution in [3.05, 3.63) is 58.4 Å². The summed E-state index contributed by atoms with van der Waals surface area (Å²) in [5.41, 5.74) is -0.834. The average molecular weight is 332 g/mol. The lowest BCUT2D eigenvalue weighted by Crippen LogP contribution is -2.10. The van der Waals surface area contributed by atoms with Gasteiger partial charge in [0.05, 0.1) is 5.56 Å². The molecule has 0 N–H and O–H groups in total. The maximum atomic E-state index is 12.5. The fourth-order valence-corrected chi connectivity index (χ4v) is 2.31. The Morgan fingerprint density at radius 1 is 1.14 bits per heavy atom. The van der Waals surface area contributed by atoms with Gasteiger partial charge in [-0.1, -0.05) is 11.6 Å². The monoisotopic (exact) mass is 331 g/mol. The number of rotatable bonds is 3. The Bertz CT molecular complexity index is 671. The third-order valence-corrected chi connectivity index (χ3v) is 3.77. The Balaban J connectivity index is 2.35. The lowest BCUT2D eigenvalue weighted by molar-refractivity contribution is -0.141. The van der Waals surface area contributed by atoms with Gasteiger partial charge in [-0.05, 0) is 42.7 Å². The number of pyridine rings is 1. The SMILES string of the molecule is CSc1ccc(C(=O)c2ccc(C(F)(F)F)nc2Cl)cc1. The fourth-order valence-electron chi connectivity index (χ4n) is 1.66. The van der Waals surface area contributed by atoms with Crippen LogP contribution in [-0.4, -0.2) is 17.0 Å². The van der Waals surface area contributed by atoms with E-state index in [0.717, 1.165) is 17.0 Å². The first-order chi connectivity index (χ1) is 9.82. The van der Waals surface area contributed by atoms with Gasteiger partial charge in [0.2, 0.25) is 0 Å². The summed E-state index contributed by atoms with van der Waals surface area (Å²) in [4.78, 5) is 16.4. The minimum absolute atomic E-state index is 0.0541. The largest absolute Gasteiger partial charge is 0.433 e. The van der Waals surface area contributed by atoms with Crippen LogP contribution in [0.15, 0.2) is 41.3 Å². The van der Waals surface area contributed by atoms with E-state index in [-0.39, 0.29) is 5.56 Å². The van der Waals surface area contributed by atoms with Crippen molar-refractivity contribution in [2.75, 3.05) is 6.26 Å². The van der Waals surface area contributed by atoms with Crippen molar-refractivity contribution in [1.29, 1.82) is 0 Å². The van der Waals surface area contributed by atoms with Crippen LogP contribution in [0.4, 0.5) is 13.2 Å². The van der Waals surface area contributed by atoms with Gasteiger partial charge in [0, 0.05) is 10.5 Å². The second kappa shape index (κ2) is 6.07. The van der Waals surface area contributed by atoms with E-state index in [1.54, 1.807) is 24.3 Å². The summed E-state index contributed by atoms with van der Waals surface area (Å²) in [5.74, 6) is -0.464. The average Bonchev–Trinajstić information content (AvgIpc) is 2.45. The first-order valence-corrected chi connectivity index (χ1v) is 7.35. The zero-order chi connectivity index (χ0) is 15.6. The number of hydrogen-bond acceptors (Lipinski definition) is 3. The van der Waals surface area contributed by atoms with E-state index >= 15 is 0 Å². The molecular formula is C14H9ClF3NOS. The highest BCUT2D eigenvalue weighted by Crippen LogP contribution is 2.30. The van der Waals surface area contributed by atoms with Crippen LogP contribution in [0.5, 0.6) is 0 Å². The lowest BCUT2D eigenvalue weighted by Gasteiger charge is -2.08. The molecule has 0 bridgehead atoms. The van der Waals surface area contributed by atoms with Crippen molar-refractivity contribution >= 4 is 29.1 Å². The van der Waals surface area contributed by atoms with Gasteiger partial charge < -0.3 is 0 Å². The Hall–Kier alpha value is -1.53. The van der Waals surface area contributed by atoms with E-state index in [2.05, 4.69) is 4.98 Å². The number of alkyl halides is 3. The molecule has 0 saturated heterocycles. The van der Waals surface area contributed by atoms with Gasteiger partial charge in [0.15, 0.2) is 5.78 Å². The Morgan fingerprint density at radius 2 is 1.76 bits per heavy atom. The van der Waals surface area contributed by atoms with E-state index in [1.807, 2.05) is 6.26 Å². The van der Waals surface area contributed by atoms with Gasteiger partial charge in [-0.3, -0.25) is 4.79 Å². The third kappa shape index (κ3) is 3.57. The van der Waals surface area contributed by atoms with Crippen LogP contribution in [-0.2, 0) is 6.18 Å². The van der Waals surface area contributed by atoms with E-state index in [1.165, 1.54) is 11.8 Å². The molecule has 0 saturated carbocycles. The minimum atomic E-state index is -4.59. The van der Waals surface area contributed by atoms with E-state index in [4.69, 9.17) is 11.6 Å². The Labute approximate surface area is 128 Å². The molecular weight excluding hydrogens is 323 g/mol. The molecule has 0 aliphatic carbocycles. The molecule has 0 spiro atoms. The van der Waals surface area contributed by atoms with Crippen molar-refractivity contribution < 1.29 is 18.0 Å². The van der Waals surface area contributed by atoms with Gasteiger partial charge in [-0.15, -0.1) is 11.8 Å². The third-order valence-electron chi connectivity index (χ3n) is 2.74. The normalized spacial score (nSPS) is 11.5. The van der Waals surface area contributed by atoms with E-state index in [9.17, 15) is 18.0 Å². The molecule has 2 aromatic rings. The first-order valence-electron chi connectivity index (χ1n) is 5.75. The molecule has 1 aromatic heterocycles. The molecule has 1 heterocycles. The molecule has 0 atom stereocenters. The zero-order valence-corrected chi connectivity index (χ0v) is 12.3. The molecule has 0 aliphatic heterocycles. The molecule has 7 heteroatoms. The summed E-state index contributed by atoms with van der Waals surface area (Å²) in [7, 11) is 0. The van der Waals surface area contributed by atoms with Crippen molar-refractivity contribution in [3.63, 3.8) is 0 Å². The van der Waals surface area contributed by atoms with Gasteiger partial charge in [-0.25, -0.2) is 4.98 Å². The molecule has 1 aromatic carbocycles. The van der Waals surface area contributed by atoms with Gasteiger partial charge in [-0.2, -0.15) is 13.2 Å². The van der Waals surface area contributed by atoms with Crippen molar-refractivity contribution in [2.24, 2.45) is 0 Å². The number of halogens is 4. The topological polar surface area (TPSA) is 30.0 Å². The maximum Gasteiger partial charge on any atom is 0.433 e. The van der Waals surface area contributed by atoms with Crippen LogP contribution >= 0.6 is 23.4 Å². The molecule has 0 fully saturated rings. The lowest BCUT2D eigenvalue weighted by atomic mass is 10.0. The standard InChI is InChI=1S/C14H9ClF3NOS/c1-21-9-4-2-8(3-5-9)12(20)10-6-7-11(14(16,17)18)19-13(10)15/h2-7H,1H3. The number of benzene rings is 1. The molecule has 0 aliphatic rings. The summed E-state index contributed by atoms with van der Waals surface area (Å²) in [5, 5.41) is -0.455. The van der Waals surface area contributed by atoms with E-state index < -0.39 is 22.8 Å². The number of nitrogens with zero attached hydrogens (tertiary/aromatic N) is 1. The van der Waals surface area contributed by atoms with Crippen molar-refractivity contribution in [1.82, 2.24) is 4.98 Å². The second-order valence-corrected chi connectivity index (χ2v) is 5.33. The second-order valence-electron chi connectivity index (χ2n) is 4.09. The van der Waals surface area contributed by atoms with Gasteiger partial charge in [0.1, 0.15) is 10.8 Å². The number of aromatic nitrogens is 1. The molecule has 2 nitrogen and oxygen atoms in total. The number of hydrogen-bond donors (Lipinski definition) is 0. The van der Waals surface area contributed by atoms with Crippen LogP contribution in [0.1, 0.15) is 21.6 Å². The fraction of sp³-hybridized carbons (Fsp3) is 0.143. The highest BCUT2D eigenvalue weighted by molar-refractivity contribution is 7.98. The molecule has 21 heavy (non-hydrogen) atoms. The summed E-state index contributed by atoms with van der Waals surface area (Å²) in [6.07, 6.45) is -2.70. The summed E-state index contributed by atoms with van der Waals surface area (Å²) < 4.78 is 37.5. The number of thioether (sulfide) groups is 1. The first kappa shape index (κ1) is 15.9. The van der Waals surface area contributed by atoms with Gasteiger partial charge >= 0.3 is 6.18 Å². The highest BCUT2D eigenvalue weighted by Gasteiger charge is 2.33. The van der Waals surface area contributed by atoms with E-state index in [0.29, 0.717) is 5.56 Å². The predicted octanol–water partition coefficient (Wildman–Crippen LogP) is 4.71. The molecule has 110 valence electrons. The van der Waals surface area contributed by atoms with Crippen LogP contribution in [0.3, 0.4) is 0 Å². The number of carbonyl (C=O) groups excluding carboxylic acids is 1. The number of ketones is 1. The number of carbonyl (C=O) groups is 1. The van der Waals surface area contributed by atoms with Crippen LogP contribution in [0.25, 0.3) is 0 Å².